The third-order valence-electron chi connectivity index (χ3n) is 9.75. The first-order valence-corrected chi connectivity index (χ1v) is 23.0. The van der Waals surface area contributed by atoms with Gasteiger partial charge in [0.1, 0.15) is 13.2 Å². The summed E-state index contributed by atoms with van der Waals surface area (Å²) in [5, 5.41) is 13.8. The van der Waals surface area contributed by atoms with E-state index in [-0.39, 0.29) is 19.1 Å². The van der Waals surface area contributed by atoms with E-state index in [4.69, 9.17) is 9.05 Å². The molecule has 0 aromatic rings. The van der Waals surface area contributed by atoms with Crippen LogP contribution in [0.15, 0.2) is 12.2 Å². The summed E-state index contributed by atoms with van der Waals surface area (Å²) in [6.45, 7) is 4.70. The lowest BCUT2D eigenvalue weighted by Gasteiger charge is -2.30. The van der Waals surface area contributed by atoms with E-state index in [1.54, 1.807) is 0 Å². The average molecular weight is 745 g/mol. The highest BCUT2D eigenvalue weighted by atomic mass is 31.2. The molecule has 9 heteroatoms. The Hall–Kier alpha value is -0.760. The van der Waals surface area contributed by atoms with E-state index >= 15 is 0 Å². The van der Waals surface area contributed by atoms with Crippen molar-refractivity contribution in [3.8, 4) is 0 Å². The van der Waals surface area contributed by atoms with Crippen LogP contribution in [0, 0.1) is 0 Å². The fraction of sp³-hybridized carbons (Fsp3) is 0.929. The van der Waals surface area contributed by atoms with E-state index in [0.717, 1.165) is 38.5 Å². The predicted molar refractivity (Wildman–Crippen MR) is 215 cm³/mol. The Kier molecular flexibility index (Phi) is 34.5. The monoisotopic (exact) mass is 745 g/mol. The molecule has 1 amide bonds. The SMILES string of the molecule is CCCCCCCCCC/C=C\CCCCCCCCCC(=O)NC(COP(=O)([O-])OCC[N+](C)(C)C)C(O)CCCCCCCCCCCC. The number of unbranched alkanes of at least 4 members (excludes halogenated alkanes) is 24. The van der Waals surface area contributed by atoms with Gasteiger partial charge < -0.3 is 28.8 Å². The normalized spacial score (nSPS) is 14.6. The number of nitrogens with zero attached hydrogens (tertiary/aromatic N) is 1. The maximum Gasteiger partial charge on any atom is 0.268 e. The van der Waals surface area contributed by atoms with Gasteiger partial charge in [-0.05, 0) is 38.5 Å². The molecule has 0 heterocycles. The number of carbonyl (C=O) groups is 1. The summed E-state index contributed by atoms with van der Waals surface area (Å²) < 4.78 is 23.2. The van der Waals surface area contributed by atoms with Crippen LogP contribution in [0.5, 0.6) is 0 Å². The van der Waals surface area contributed by atoms with Crippen LogP contribution in [-0.4, -0.2) is 68.5 Å². The van der Waals surface area contributed by atoms with Crippen molar-refractivity contribution < 1.29 is 32.9 Å². The Morgan fingerprint density at radius 3 is 1.53 bits per heavy atom. The van der Waals surface area contributed by atoms with E-state index < -0.39 is 20.0 Å². The molecule has 0 saturated heterocycles. The first kappa shape index (κ1) is 50.2. The number of phosphoric ester groups is 1. The second-order valence-electron chi connectivity index (χ2n) is 16.1. The number of hydrogen-bond donors (Lipinski definition) is 2. The molecule has 304 valence electrons. The van der Waals surface area contributed by atoms with Crippen LogP contribution in [-0.2, 0) is 18.4 Å². The summed E-state index contributed by atoms with van der Waals surface area (Å²) in [5.74, 6) is -0.170. The molecule has 0 aliphatic rings. The van der Waals surface area contributed by atoms with Crippen LogP contribution in [0.25, 0.3) is 0 Å². The third kappa shape index (κ3) is 37.4. The number of aliphatic hydroxyl groups is 1. The molecule has 0 bridgehead atoms. The minimum Gasteiger partial charge on any atom is -0.756 e. The van der Waals surface area contributed by atoms with Gasteiger partial charge >= 0.3 is 0 Å². The van der Waals surface area contributed by atoms with Gasteiger partial charge in [0.2, 0.25) is 5.91 Å². The number of carbonyl (C=O) groups excluding carboxylic acids is 1. The Morgan fingerprint density at radius 2 is 1.08 bits per heavy atom. The van der Waals surface area contributed by atoms with Crippen molar-refractivity contribution >= 4 is 13.7 Å². The molecule has 0 aromatic heterocycles. The van der Waals surface area contributed by atoms with Crippen LogP contribution in [0.3, 0.4) is 0 Å². The molecule has 0 rings (SSSR count). The zero-order valence-electron chi connectivity index (χ0n) is 34.3. The standard InChI is InChI=1S/C42H85N2O6P/c1-6-8-10-12-14-16-18-19-20-21-22-23-24-25-26-28-30-32-34-36-42(46)43-40(39-50-51(47,48)49-38-37-44(3,4)5)41(45)35-33-31-29-27-17-15-13-11-9-7-2/h21-22,40-41,45H,6-20,23-39H2,1-5H3,(H-,43,46,47,48)/b22-21-. The molecule has 3 unspecified atom stereocenters. The quantitative estimate of drug-likeness (QED) is 0.0281. The number of nitrogens with one attached hydrogen (secondary N) is 1. The number of aliphatic hydroxyl groups excluding tert-OH is 1. The molecule has 0 spiro atoms. The van der Waals surface area contributed by atoms with Gasteiger partial charge in [0.15, 0.2) is 0 Å². The first-order chi connectivity index (χ1) is 24.5. The summed E-state index contributed by atoms with van der Waals surface area (Å²) in [6, 6.07) is -0.797. The van der Waals surface area contributed by atoms with E-state index in [2.05, 4.69) is 31.3 Å². The van der Waals surface area contributed by atoms with Crippen LogP contribution in [0.2, 0.25) is 0 Å². The minimum absolute atomic E-state index is 0.0128. The predicted octanol–water partition coefficient (Wildman–Crippen LogP) is 10.9. The van der Waals surface area contributed by atoms with Gasteiger partial charge in [-0.3, -0.25) is 9.36 Å². The van der Waals surface area contributed by atoms with Crippen LogP contribution in [0.4, 0.5) is 0 Å². The summed E-state index contributed by atoms with van der Waals surface area (Å²) in [5.41, 5.74) is 0. The molecule has 0 saturated carbocycles. The molecule has 0 aromatic carbocycles. The molecule has 0 radical (unpaired) electrons. The molecule has 0 fully saturated rings. The Morgan fingerprint density at radius 1 is 0.667 bits per heavy atom. The van der Waals surface area contributed by atoms with E-state index in [0.29, 0.717) is 23.9 Å². The number of rotatable bonds is 39. The lowest BCUT2D eigenvalue weighted by Crippen LogP contribution is -2.46. The van der Waals surface area contributed by atoms with Gasteiger partial charge in [0, 0.05) is 6.42 Å². The van der Waals surface area contributed by atoms with Crippen molar-refractivity contribution in [3.05, 3.63) is 12.2 Å². The minimum atomic E-state index is -4.55. The van der Waals surface area contributed by atoms with E-state index in [1.807, 2.05) is 21.1 Å². The number of likely N-dealkylation sites (N-methyl/N-ethyl adjacent to an activating group) is 1. The Balaban J connectivity index is 4.30. The molecule has 51 heavy (non-hydrogen) atoms. The largest absolute Gasteiger partial charge is 0.756 e. The van der Waals surface area contributed by atoms with Crippen molar-refractivity contribution in [1.29, 1.82) is 0 Å². The maximum absolute atomic E-state index is 12.8. The molecular formula is C42H85N2O6P. The third-order valence-corrected chi connectivity index (χ3v) is 10.7. The van der Waals surface area contributed by atoms with Crippen molar-refractivity contribution in [2.24, 2.45) is 0 Å². The summed E-state index contributed by atoms with van der Waals surface area (Å²) >= 11 is 0. The average Bonchev–Trinajstić information content (AvgIpc) is 3.07. The van der Waals surface area contributed by atoms with E-state index in [1.165, 1.54) is 135 Å². The fourth-order valence-corrected chi connectivity index (χ4v) is 6.99. The maximum atomic E-state index is 12.8. The Bertz CT molecular complexity index is 850. The van der Waals surface area contributed by atoms with Gasteiger partial charge in [0.05, 0.1) is 39.9 Å². The highest BCUT2D eigenvalue weighted by Crippen LogP contribution is 2.38. The van der Waals surface area contributed by atoms with Crippen molar-refractivity contribution in [1.82, 2.24) is 5.32 Å². The number of hydrogen-bond acceptors (Lipinski definition) is 6. The number of quaternary nitrogens is 1. The van der Waals surface area contributed by atoms with Gasteiger partial charge in [-0.15, -0.1) is 0 Å². The number of phosphoric acid groups is 1. The topological polar surface area (TPSA) is 108 Å². The van der Waals surface area contributed by atoms with Crippen molar-refractivity contribution in [2.75, 3.05) is 40.9 Å². The fourth-order valence-electron chi connectivity index (χ4n) is 6.27. The lowest BCUT2D eigenvalue weighted by molar-refractivity contribution is -0.870. The van der Waals surface area contributed by atoms with Gasteiger partial charge in [-0.25, -0.2) is 0 Å². The summed E-state index contributed by atoms with van der Waals surface area (Å²) in [4.78, 5) is 25.2. The molecule has 0 aliphatic carbocycles. The number of allylic oxidation sites excluding steroid dienone is 2. The zero-order valence-corrected chi connectivity index (χ0v) is 35.2. The highest BCUT2D eigenvalue weighted by molar-refractivity contribution is 7.45. The molecular weight excluding hydrogens is 659 g/mol. The highest BCUT2D eigenvalue weighted by Gasteiger charge is 2.24. The molecule has 8 nitrogen and oxygen atoms in total. The number of amides is 1. The van der Waals surface area contributed by atoms with Gasteiger partial charge in [-0.1, -0.05) is 167 Å². The molecule has 0 aliphatic heterocycles. The molecule has 2 N–H and O–H groups in total. The van der Waals surface area contributed by atoms with Crippen LogP contribution >= 0.6 is 7.82 Å². The lowest BCUT2D eigenvalue weighted by atomic mass is 10.0. The van der Waals surface area contributed by atoms with Crippen molar-refractivity contribution in [3.63, 3.8) is 0 Å². The molecule has 3 atom stereocenters. The Labute approximate surface area is 316 Å². The summed E-state index contributed by atoms with van der Waals surface area (Å²) in [7, 11) is 1.30. The van der Waals surface area contributed by atoms with Gasteiger partial charge in [0.25, 0.3) is 7.82 Å². The van der Waals surface area contributed by atoms with E-state index in [9.17, 15) is 19.4 Å². The zero-order chi connectivity index (χ0) is 37.9. The first-order valence-electron chi connectivity index (χ1n) is 21.5. The second-order valence-corrected chi connectivity index (χ2v) is 17.5. The summed E-state index contributed by atoms with van der Waals surface area (Å²) in [6.07, 6.45) is 37.8. The van der Waals surface area contributed by atoms with Crippen LogP contribution in [0.1, 0.15) is 200 Å². The van der Waals surface area contributed by atoms with Crippen LogP contribution < -0.4 is 10.2 Å². The van der Waals surface area contributed by atoms with Crippen molar-refractivity contribution in [2.45, 2.75) is 212 Å². The second kappa shape index (κ2) is 35.0. The van der Waals surface area contributed by atoms with Gasteiger partial charge in [-0.2, -0.15) is 0 Å². The smallest absolute Gasteiger partial charge is 0.268 e.